The van der Waals surface area contributed by atoms with E-state index in [1.54, 1.807) is 6.07 Å². The minimum atomic E-state index is 0.630. The Morgan fingerprint density at radius 3 is 2.71 bits per heavy atom. The lowest BCUT2D eigenvalue weighted by atomic mass is 10.1. The fourth-order valence-electron chi connectivity index (χ4n) is 1.63. The van der Waals surface area contributed by atoms with Crippen molar-refractivity contribution in [2.75, 3.05) is 12.0 Å². The number of pyridine rings is 1. The smallest absolute Gasteiger partial charge is 0.215 e. The number of hydrazine groups is 1. The predicted octanol–water partition coefficient (Wildman–Crippen LogP) is 3.11. The molecule has 0 saturated carbocycles. The molecule has 0 saturated heterocycles. The van der Waals surface area contributed by atoms with Crippen molar-refractivity contribution in [3.8, 4) is 5.88 Å². The van der Waals surface area contributed by atoms with Crippen molar-refractivity contribution < 1.29 is 4.74 Å². The van der Waals surface area contributed by atoms with Gasteiger partial charge in [-0.15, -0.1) is 0 Å². The Morgan fingerprint density at radius 1 is 1.18 bits per heavy atom. The van der Waals surface area contributed by atoms with E-state index in [1.807, 2.05) is 12.1 Å². The number of anilines is 1. The van der Waals surface area contributed by atoms with Gasteiger partial charge < -0.3 is 10.2 Å². The maximum Gasteiger partial charge on any atom is 0.215 e. The first kappa shape index (κ1) is 13.8. The van der Waals surface area contributed by atoms with Gasteiger partial charge in [-0.25, -0.2) is 5.84 Å². The molecule has 1 aromatic rings. The molecule has 0 aliphatic rings. The summed E-state index contributed by atoms with van der Waals surface area (Å²) in [6.45, 7) is 2.96. The highest BCUT2D eigenvalue weighted by atomic mass is 16.5. The fourth-order valence-corrected chi connectivity index (χ4v) is 1.63. The summed E-state index contributed by atoms with van der Waals surface area (Å²) in [5, 5.41) is 0. The van der Waals surface area contributed by atoms with Crippen molar-refractivity contribution in [1.29, 1.82) is 0 Å². The summed E-state index contributed by atoms with van der Waals surface area (Å²) >= 11 is 0. The SMILES string of the molecule is CCCCCCCCOc1cccc(NN)n1. The zero-order valence-corrected chi connectivity index (χ0v) is 10.6. The third-order valence-corrected chi connectivity index (χ3v) is 2.62. The maximum absolute atomic E-state index is 5.55. The molecule has 0 fully saturated rings. The molecule has 0 spiro atoms. The zero-order valence-electron chi connectivity index (χ0n) is 10.6. The van der Waals surface area contributed by atoms with Crippen LogP contribution in [-0.4, -0.2) is 11.6 Å². The quantitative estimate of drug-likeness (QED) is 0.393. The number of nitrogen functional groups attached to an aromatic ring is 1. The maximum atomic E-state index is 5.55. The molecule has 0 amide bonds. The molecule has 0 aromatic carbocycles. The lowest BCUT2D eigenvalue weighted by molar-refractivity contribution is 0.293. The number of nitrogens with two attached hydrogens (primary N) is 1. The average Bonchev–Trinajstić information content (AvgIpc) is 2.38. The standard InChI is InChI=1S/C13H23N3O/c1-2-3-4-5-6-7-11-17-13-10-8-9-12(15-13)16-14/h8-10H,2-7,11,14H2,1H3,(H,15,16). The lowest BCUT2D eigenvalue weighted by Crippen LogP contribution is -2.09. The van der Waals surface area contributed by atoms with Gasteiger partial charge in [0.1, 0.15) is 5.82 Å². The van der Waals surface area contributed by atoms with Crippen LogP contribution in [-0.2, 0) is 0 Å². The van der Waals surface area contributed by atoms with Gasteiger partial charge in [-0.2, -0.15) is 4.98 Å². The monoisotopic (exact) mass is 237 g/mol. The van der Waals surface area contributed by atoms with Crippen LogP contribution in [0.2, 0.25) is 0 Å². The van der Waals surface area contributed by atoms with Crippen molar-refractivity contribution in [3.63, 3.8) is 0 Å². The molecule has 4 heteroatoms. The van der Waals surface area contributed by atoms with E-state index in [4.69, 9.17) is 10.6 Å². The summed E-state index contributed by atoms with van der Waals surface area (Å²) < 4.78 is 5.55. The second kappa shape index (κ2) is 8.82. The van der Waals surface area contributed by atoms with Gasteiger partial charge in [0.2, 0.25) is 5.88 Å². The van der Waals surface area contributed by atoms with E-state index in [0.717, 1.165) is 13.0 Å². The van der Waals surface area contributed by atoms with E-state index in [9.17, 15) is 0 Å². The number of ether oxygens (including phenoxy) is 1. The minimum absolute atomic E-state index is 0.630. The molecular formula is C13H23N3O. The summed E-state index contributed by atoms with van der Waals surface area (Å²) in [6.07, 6.45) is 7.59. The highest BCUT2D eigenvalue weighted by Gasteiger charge is 1.97. The average molecular weight is 237 g/mol. The van der Waals surface area contributed by atoms with E-state index in [0.29, 0.717) is 11.7 Å². The van der Waals surface area contributed by atoms with Crippen LogP contribution in [0.5, 0.6) is 5.88 Å². The fraction of sp³-hybridized carbons (Fsp3) is 0.615. The molecule has 1 heterocycles. The van der Waals surface area contributed by atoms with Gasteiger partial charge in [-0.1, -0.05) is 45.1 Å². The highest BCUT2D eigenvalue weighted by Crippen LogP contribution is 2.11. The van der Waals surface area contributed by atoms with Gasteiger partial charge in [-0.3, -0.25) is 0 Å². The van der Waals surface area contributed by atoms with Crippen molar-refractivity contribution in [2.24, 2.45) is 5.84 Å². The predicted molar refractivity (Wildman–Crippen MR) is 70.9 cm³/mol. The van der Waals surface area contributed by atoms with E-state index in [1.165, 1.54) is 32.1 Å². The van der Waals surface area contributed by atoms with E-state index >= 15 is 0 Å². The van der Waals surface area contributed by atoms with Crippen LogP contribution < -0.4 is 16.0 Å². The summed E-state index contributed by atoms with van der Waals surface area (Å²) in [5.41, 5.74) is 2.50. The van der Waals surface area contributed by atoms with E-state index < -0.39 is 0 Å². The molecular weight excluding hydrogens is 214 g/mol. The van der Waals surface area contributed by atoms with Crippen molar-refractivity contribution >= 4 is 5.82 Å². The van der Waals surface area contributed by atoms with Gasteiger partial charge in [0.15, 0.2) is 0 Å². The van der Waals surface area contributed by atoms with E-state index in [-0.39, 0.29) is 0 Å². The van der Waals surface area contributed by atoms with Crippen molar-refractivity contribution in [3.05, 3.63) is 18.2 Å². The largest absolute Gasteiger partial charge is 0.478 e. The molecule has 0 atom stereocenters. The zero-order chi connectivity index (χ0) is 12.3. The molecule has 4 nitrogen and oxygen atoms in total. The number of hydrogen-bond acceptors (Lipinski definition) is 4. The van der Waals surface area contributed by atoms with Gasteiger partial charge in [0.05, 0.1) is 6.61 Å². The van der Waals surface area contributed by atoms with Crippen LogP contribution >= 0.6 is 0 Å². The van der Waals surface area contributed by atoms with Crippen LogP contribution in [0.4, 0.5) is 5.82 Å². The van der Waals surface area contributed by atoms with Crippen LogP contribution in [0, 0.1) is 0 Å². The number of aromatic nitrogens is 1. The molecule has 0 radical (unpaired) electrons. The molecule has 1 aromatic heterocycles. The molecule has 1 rings (SSSR count). The first-order valence-electron chi connectivity index (χ1n) is 6.43. The number of unbranched alkanes of at least 4 members (excludes halogenated alkanes) is 5. The molecule has 17 heavy (non-hydrogen) atoms. The molecule has 0 aliphatic carbocycles. The second-order valence-corrected chi connectivity index (χ2v) is 4.12. The highest BCUT2D eigenvalue weighted by molar-refractivity contribution is 5.35. The second-order valence-electron chi connectivity index (χ2n) is 4.12. The van der Waals surface area contributed by atoms with Crippen molar-refractivity contribution in [1.82, 2.24) is 4.98 Å². The normalized spacial score (nSPS) is 10.2. The summed E-state index contributed by atoms with van der Waals surface area (Å²) in [5.74, 6) is 6.54. The van der Waals surface area contributed by atoms with Crippen LogP contribution in [0.15, 0.2) is 18.2 Å². The lowest BCUT2D eigenvalue weighted by Gasteiger charge is -2.06. The third-order valence-electron chi connectivity index (χ3n) is 2.62. The van der Waals surface area contributed by atoms with Crippen molar-refractivity contribution in [2.45, 2.75) is 45.4 Å². The third kappa shape index (κ3) is 6.12. The summed E-state index contributed by atoms with van der Waals surface area (Å²) in [6, 6.07) is 5.52. The topological polar surface area (TPSA) is 60.2 Å². The molecule has 0 bridgehead atoms. The number of nitrogens with one attached hydrogen (secondary N) is 1. The van der Waals surface area contributed by atoms with Gasteiger partial charge >= 0.3 is 0 Å². The summed E-state index contributed by atoms with van der Waals surface area (Å²) in [4.78, 5) is 4.18. The van der Waals surface area contributed by atoms with E-state index in [2.05, 4.69) is 17.3 Å². The molecule has 0 unspecified atom stereocenters. The molecule has 96 valence electrons. The Morgan fingerprint density at radius 2 is 1.94 bits per heavy atom. The molecule has 0 aliphatic heterocycles. The minimum Gasteiger partial charge on any atom is -0.478 e. The number of rotatable bonds is 9. The van der Waals surface area contributed by atoms with Gasteiger partial charge in [-0.05, 0) is 12.5 Å². The summed E-state index contributed by atoms with van der Waals surface area (Å²) in [7, 11) is 0. The Bertz CT molecular complexity index is 304. The first-order valence-corrected chi connectivity index (χ1v) is 6.43. The van der Waals surface area contributed by atoms with Crippen LogP contribution in [0.3, 0.4) is 0 Å². The van der Waals surface area contributed by atoms with Crippen LogP contribution in [0.1, 0.15) is 45.4 Å². The van der Waals surface area contributed by atoms with Crippen LogP contribution in [0.25, 0.3) is 0 Å². The number of hydrogen-bond donors (Lipinski definition) is 2. The Hall–Kier alpha value is -1.29. The van der Waals surface area contributed by atoms with Gasteiger partial charge in [0.25, 0.3) is 0 Å². The van der Waals surface area contributed by atoms with Gasteiger partial charge in [0, 0.05) is 6.07 Å². The Labute approximate surface area is 104 Å². The Balaban J connectivity index is 2.09. The Kier molecular flexibility index (Phi) is 7.14. The first-order chi connectivity index (χ1) is 8.36. The molecule has 3 N–H and O–H groups in total. The number of nitrogens with zero attached hydrogens (tertiary/aromatic N) is 1.